The van der Waals surface area contributed by atoms with E-state index in [1.165, 1.54) is 0 Å². The zero-order valence-corrected chi connectivity index (χ0v) is 24.6. The van der Waals surface area contributed by atoms with E-state index in [0.29, 0.717) is 22.6 Å². The first kappa shape index (κ1) is 32.4. The molecule has 5 rings (SSSR count). The molecule has 1 aliphatic rings. The van der Waals surface area contributed by atoms with Gasteiger partial charge < -0.3 is 15.6 Å². The van der Waals surface area contributed by atoms with Crippen molar-refractivity contribution in [2.24, 2.45) is 5.92 Å². The number of ether oxygens (including phenoxy) is 1. The van der Waals surface area contributed by atoms with Crippen LogP contribution in [-0.4, -0.2) is 34.6 Å². The highest BCUT2D eigenvalue weighted by Gasteiger charge is 2.47. The lowest BCUT2D eigenvalue weighted by Crippen LogP contribution is -2.54. The molecule has 0 bridgehead atoms. The van der Waals surface area contributed by atoms with Crippen LogP contribution in [0.4, 0.5) is 23.4 Å². The highest BCUT2D eigenvalue weighted by Crippen LogP contribution is 2.41. The monoisotopic (exact) mass is 637 g/mol. The van der Waals surface area contributed by atoms with Crippen molar-refractivity contribution in [1.82, 2.24) is 9.88 Å². The molecule has 1 saturated carbocycles. The Balaban J connectivity index is 1.31. The van der Waals surface area contributed by atoms with Gasteiger partial charge in [-0.1, -0.05) is 43.2 Å². The molecule has 0 unspecified atom stereocenters. The predicted molar refractivity (Wildman–Crippen MR) is 162 cm³/mol. The molecule has 4 aromatic rings. The number of nitrogens with two attached hydrogens (primary N) is 1. The van der Waals surface area contributed by atoms with Gasteiger partial charge in [0.05, 0.1) is 17.7 Å². The van der Waals surface area contributed by atoms with Crippen molar-refractivity contribution in [3.8, 4) is 11.4 Å². The van der Waals surface area contributed by atoms with E-state index < -0.39 is 68.8 Å². The van der Waals surface area contributed by atoms with Crippen molar-refractivity contribution in [3.05, 3.63) is 123 Å². The predicted octanol–water partition coefficient (Wildman–Crippen LogP) is 5.74. The van der Waals surface area contributed by atoms with Crippen LogP contribution in [0, 0.1) is 29.2 Å². The summed E-state index contributed by atoms with van der Waals surface area (Å²) in [6.07, 6.45) is 3.72. The fraction of sp³-hybridized carbons (Fsp3) is 0.265. The van der Waals surface area contributed by atoms with E-state index in [9.17, 15) is 28.3 Å². The summed E-state index contributed by atoms with van der Waals surface area (Å²) in [5.41, 5.74) is 2.54. The molecule has 1 heterocycles. The van der Waals surface area contributed by atoms with Crippen molar-refractivity contribution in [2.45, 2.75) is 37.6 Å². The molecule has 0 spiro atoms. The number of nitrogen functional groups attached to an aromatic ring is 1. The standard InChI is InChI=1S/C34H31F4N3O5/c35-22-11-12-24(26(36)17-22)31(43)25-13-14-29(42)41(32(25)39)30-27(37)18-23(19-28(30)38)46-16-6-15-40-34(33(44)45,21-9-4-5-10-21)20-7-2-1-3-8-20/h1-3,7-8,11-14,17-19,21,40H,4-6,9-10,15-16,39H2,(H,44,45)/t34-/m0/s1. The maximum Gasteiger partial charge on any atom is 0.328 e. The molecule has 1 aliphatic carbocycles. The van der Waals surface area contributed by atoms with Crippen molar-refractivity contribution in [3.63, 3.8) is 0 Å². The Bertz CT molecular complexity index is 1800. The van der Waals surface area contributed by atoms with E-state index in [1.807, 2.05) is 6.07 Å². The summed E-state index contributed by atoms with van der Waals surface area (Å²) in [7, 11) is 0. The van der Waals surface area contributed by atoms with Crippen molar-refractivity contribution >= 4 is 17.6 Å². The molecular weight excluding hydrogens is 606 g/mol. The summed E-state index contributed by atoms with van der Waals surface area (Å²) in [5, 5.41) is 13.6. The van der Waals surface area contributed by atoms with E-state index >= 15 is 8.78 Å². The normalized spacial score (nSPS) is 14.6. The number of carboxylic acids is 1. The van der Waals surface area contributed by atoms with Gasteiger partial charge in [0.15, 0.2) is 17.4 Å². The average Bonchev–Trinajstić information content (AvgIpc) is 3.56. The van der Waals surface area contributed by atoms with E-state index in [2.05, 4.69) is 5.32 Å². The number of carboxylic acid groups (broad SMARTS) is 1. The molecule has 1 atom stereocenters. The fourth-order valence-corrected chi connectivity index (χ4v) is 6.10. The Morgan fingerprint density at radius 3 is 2.20 bits per heavy atom. The topological polar surface area (TPSA) is 124 Å². The van der Waals surface area contributed by atoms with Gasteiger partial charge in [0.2, 0.25) is 0 Å². The Morgan fingerprint density at radius 2 is 1.57 bits per heavy atom. The summed E-state index contributed by atoms with van der Waals surface area (Å²) in [4.78, 5) is 38.3. The number of carbonyl (C=O) groups is 2. The highest BCUT2D eigenvalue weighted by atomic mass is 19.1. The second-order valence-corrected chi connectivity index (χ2v) is 11.1. The smallest absolute Gasteiger partial charge is 0.328 e. The summed E-state index contributed by atoms with van der Waals surface area (Å²) in [6, 6.07) is 14.7. The lowest BCUT2D eigenvalue weighted by Gasteiger charge is -2.37. The number of benzene rings is 3. The molecule has 0 amide bonds. The lowest BCUT2D eigenvalue weighted by molar-refractivity contribution is -0.148. The second-order valence-electron chi connectivity index (χ2n) is 11.1. The van der Waals surface area contributed by atoms with Crippen LogP contribution in [0.2, 0.25) is 0 Å². The summed E-state index contributed by atoms with van der Waals surface area (Å²) in [5.74, 6) is -7.51. The first-order valence-electron chi connectivity index (χ1n) is 14.7. The number of halogens is 4. The van der Waals surface area contributed by atoms with Gasteiger partial charge in [-0.05, 0) is 55.5 Å². The van der Waals surface area contributed by atoms with Crippen molar-refractivity contribution < 1.29 is 37.0 Å². The Hall–Kier alpha value is -4.97. The lowest BCUT2D eigenvalue weighted by atomic mass is 9.76. The molecule has 0 radical (unpaired) electrons. The van der Waals surface area contributed by atoms with Crippen LogP contribution in [0.5, 0.6) is 5.75 Å². The Morgan fingerprint density at radius 1 is 0.913 bits per heavy atom. The number of nitrogens with one attached hydrogen (secondary N) is 1. The van der Waals surface area contributed by atoms with Crippen LogP contribution < -0.4 is 21.3 Å². The van der Waals surface area contributed by atoms with Gasteiger partial charge in [-0.3, -0.25) is 19.5 Å². The van der Waals surface area contributed by atoms with Gasteiger partial charge in [-0.15, -0.1) is 0 Å². The molecule has 4 N–H and O–H groups in total. The molecule has 1 aromatic heterocycles. The van der Waals surface area contributed by atoms with Gasteiger partial charge >= 0.3 is 5.97 Å². The zero-order valence-electron chi connectivity index (χ0n) is 24.6. The molecule has 8 nitrogen and oxygen atoms in total. The number of aromatic nitrogens is 1. The SMILES string of the molecule is Nc1c(C(=O)c2ccc(F)cc2F)ccc(=O)n1-c1c(F)cc(OCCCN[C@@](C(=O)O)(c2ccccc2)C2CCCC2)cc1F. The first-order valence-corrected chi connectivity index (χ1v) is 14.7. The minimum Gasteiger partial charge on any atom is -0.493 e. The maximum atomic E-state index is 15.3. The number of rotatable bonds is 12. The maximum absolute atomic E-state index is 15.3. The van der Waals surface area contributed by atoms with Gasteiger partial charge in [-0.25, -0.2) is 22.4 Å². The van der Waals surface area contributed by atoms with Gasteiger partial charge in [0.1, 0.15) is 34.4 Å². The summed E-state index contributed by atoms with van der Waals surface area (Å²) in [6.45, 7) is 0.220. The largest absolute Gasteiger partial charge is 0.493 e. The molecular formula is C34H31F4N3O5. The van der Waals surface area contributed by atoms with Crippen LogP contribution in [-0.2, 0) is 10.3 Å². The van der Waals surface area contributed by atoms with Crippen molar-refractivity contribution in [1.29, 1.82) is 0 Å². The molecule has 0 saturated heterocycles. The average molecular weight is 638 g/mol. The van der Waals surface area contributed by atoms with E-state index in [1.54, 1.807) is 24.3 Å². The third-order valence-electron chi connectivity index (χ3n) is 8.29. The summed E-state index contributed by atoms with van der Waals surface area (Å²) < 4.78 is 64.2. The van der Waals surface area contributed by atoms with Gasteiger partial charge in [0.25, 0.3) is 5.56 Å². The summed E-state index contributed by atoms with van der Waals surface area (Å²) >= 11 is 0. The van der Waals surface area contributed by atoms with E-state index in [0.717, 1.165) is 62.1 Å². The second kappa shape index (κ2) is 13.6. The van der Waals surface area contributed by atoms with Crippen LogP contribution in [0.15, 0.2) is 77.6 Å². The molecule has 0 aliphatic heterocycles. The van der Waals surface area contributed by atoms with Gasteiger partial charge in [0, 0.05) is 24.3 Å². The number of nitrogens with zero attached hydrogens (tertiary/aromatic N) is 1. The first-order chi connectivity index (χ1) is 22.0. The Kier molecular flexibility index (Phi) is 9.57. The fourth-order valence-electron chi connectivity index (χ4n) is 6.10. The van der Waals surface area contributed by atoms with E-state index in [-0.39, 0.29) is 24.8 Å². The number of carbonyl (C=O) groups excluding carboxylic acids is 1. The third kappa shape index (κ3) is 6.25. The van der Waals surface area contributed by atoms with Crippen LogP contribution >= 0.6 is 0 Å². The van der Waals surface area contributed by atoms with Gasteiger partial charge in [-0.2, -0.15) is 0 Å². The number of hydrogen-bond acceptors (Lipinski definition) is 6. The molecule has 240 valence electrons. The van der Waals surface area contributed by atoms with Crippen LogP contribution in [0.25, 0.3) is 5.69 Å². The van der Waals surface area contributed by atoms with Crippen LogP contribution in [0.1, 0.15) is 53.6 Å². The van der Waals surface area contributed by atoms with Crippen molar-refractivity contribution in [2.75, 3.05) is 18.9 Å². The highest BCUT2D eigenvalue weighted by molar-refractivity contribution is 6.11. The number of anilines is 1. The number of ketones is 1. The molecule has 12 heteroatoms. The number of aliphatic carboxylic acids is 1. The molecule has 3 aromatic carbocycles. The van der Waals surface area contributed by atoms with Crippen LogP contribution in [0.3, 0.4) is 0 Å². The quantitative estimate of drug-likeness (QED) is 0.103. The molecule has 46 heavy (non-hydrogen) atoms. The molecule has 1 fully saturated rings. The minimum absolute atomic E-state index is 0.0182. The number of pyridine rings is 1. The minimum atomic E-state index is -1.29. The zero-order chi connectivity index (χ0) is 33.0. The van der Waals surface area contributed by atoms with E-state index in [4.69, 9.17) is 10.5 Å². The Labute approximate surface area is 261 Å². The third-order valence-corrected chi connectivity index (χ3v) is 8.29. The number of hydrogen-bond donors (Lipinski definition) is 3.